The monoisotopic (exact) mass is 457 g/mol. The molecule has 0 saturated carbocycles. The van der Waals surface area contributed by atoms with Gasteiger partial charge in [0.05, 0.1) is 12.5 Å². The van der Waals surface area contributed by atoms with Gasteiger partial charge in [0.2, 0.25) is 23.6 Å². The molecule has 0 aromatic heterocycles. The quantitative estimate of drug-likeness (QED) is 0.186. The van der Waals surface area contributed by atoms with Crippen molar-refractivity contribution >= 4 is 35.6 Å². The molecule has 0 aromatic rings. The molecule has 4 unspecified atom stereocenters. The zero-order valence-corrected chi connectivity index (χ0v) is 18.1. The molecule has 1 rings (SSSR count). The van der Waals surface area contributed by atoms with Crippen LogP contribution in [-0.2, 0) is 28.8 Å². The number of amides is 4. The van der Waals surface area contributed by atoms with Crippen LogP contribution in [0, 0.1) is 5.92 Å². The standard InChI is InChI=1S/C19H31N5O8/c1-9(2)15(19(31)32)23-16(28)11(8-14(26)27)22-17(29)12-4-3-7-24(12)18(30)10(20)5-6-13(21)25/h9-12,15H,3-8,20H2,1-2H3,(H2,21,25)(H,22,29)(H,23,28)(H,26,27)(H,31,32). The van der Waals surface area contributed by atoms with Crippen LogP contribution in [0.25, 0.3) is 0 Å². The first-order chi connectivity index (χ1) is 14.8. The van der Waals surface area contributed by atoms with E-state index >= 15 is 0 Å². The summed E-state index contributed by atoms with van der Waals surface area (Å²) in [5.74, 6) is -6.06. The Balaban J connectivity index is 2.91. The number of nitrogens with two attached hydrogens (primary N) is 2. The van der Waals surface area contributed by atoms with Crippen LogP contribution in [0.2, 0.25) is 0 Å². The van der Waals surface area contributed by atoms with Gasteiger partial charge in [-0.15, -0.1) is 0 Å². The van der Waals surface area contributed by atoms with Gasteiger partial charge in [-0.2, -0.15) is 0 Å². The molecule has 1 aliphatic rings. The molecular weight excluding hydrogens is 426 g/mol. The Bertz CT molecular complexity index is 756. The molecule has 4 atom stereocenters. The summed E-state index contributed by atoms with van der Waals surface area (Å²) in [4.78, 5) is 72.6. The minimum absolute atomic E-state index is 0.00876. The second kappa shape index (κ2) is 12.0. The number of hydrogen-bond acceptors (Lipinski definition) is 7. The Kier molecular flexibility index (Phi) is 10.0. The number of aliphatic carboxylic acids is 2. The molecule has 1 heterocycles. The van der Waals surface area contributed by atoms with Crippen molar-refractivity contribution in [3.05, 3.63) is 0 Å². The largest absolute Gasteiger partial charge is 0.481 e. The molecule has 0 aromatic carbocycles. The first-order valence-electron chi connectivity index (χ1n) is 10.2. The maximum atomic E-state index is 12.8. The Morgan fingerprint density at radius 2 is 1.72 bits per heavy atom. The number of hydrogen-bond donors (Lipinski definition) is 6. The first kappa shape index (κ1) is 26.8. The number of carbonyl (C=O) groups excluding carboxylic acids is 4. The zero-order chi connectivity index (χ0) is 24.6. The maximum absolute atomic E-state index is 12.8. The summed E-state index contributed by atoms with van der Waals surface area (Å²) < 4.78 is 0. The lowest BCUT2D eigenvalue weighted by molar-refractivity contribution is -0.145. The number of carboxylic acid groups (broad SMARTS) is 2. The molecule has 8 N–H and O–H groups in total. The van der Waals surface area contributed by atoms with E-state index in [1.54, 1.807) is 13.8 Å². The lowest BCUT2D eigenvalue weighted by Gasteiger charge is -2.28. The number of nitrogens with zero attached hydrogens (tertiary/aromatic N) is 1. The van der Waals surface area contributed by atoms with Gasteiger partial charge in [0.25, 0.3) is 0 Å². The summed E-state index contributed by atoms with van der Waals surface area (Å²) in [6.45, 7) is 3.35. The second-order valence-corrected chi connectivity index (χ2v) is 8.03. The molecule has 0 spiro atoms. The summed E-state index contributed by atoms with van der Waals surface area (Å²) in [7, 11) is 0. The molecule has 1 saturated heterocycles. The van der Waals surface area contributed by atoms with E-state index in [1.807, 2.05) is 0 Å². The van der Waals surface area contributed by atoms with Gasteiger partial charge in [0.15, 0.2) is 0 Å². The predicted molar refractivity (Wildman–Crippen MR) is 110 cm³/mol. The molecule has 4 amide bonds. The molecule has 13 nitrogen and oxygen atoms in total. The van der Waals surface area contributed by atoms with Crippen molar-refractivity contribution in [3.8, 4) is 0 Å². The fourth-order valence-corrected chi connectivity index (χ4v) is 3.36. The van der Waals surface area contributed by atoms with Crippen LogP contribution in [0.3, 0.4) is 0 Å². The summed E-state index contributed by atoms with van der Waals surface area (Å²) >= 11 is 0. The van der Waals surface area contributed by atoms with Gasteiger partial charge in [-0.3, -0.25) is 24.0 Å². The van der Waals surface area contributed by atoms with Crippen LogP contribution in [0.4, 0.5) is 0 Å². The van der Waals surface area contributed by atoms with E-state index in [1.165, 1.54) is 4.90 Å². The smallest absolute Gasteiger partial charge is 0.326 e. The molecule has 180 valence electrons. The summed E-state index contributed by atoms with van der Waals surface area (Å²) in [6, 6.07) is -4.84. The van der Waals surface area contributed by atoms with E-state index in [0.717, 1.165) is 0 Å². The van der Waals surface area contributed by atoms with Crippen molar-refractivity contribution in [1.29, 1.82) is 0 Å². The minimum Gasteiger partial charge on any atom is -0.481 e. The highest BCUT2D eigenvalue weighted by Crippen LogP contribution is 2.19. The van der Waals surface area contributed by atoms with Crippen molar-refractivity contribution in [2.24, 2.45) is 17.4 Å². The number of carbonyl (C=O) groups is 6. The molecule has 32 heavy (non-hydrogen) atoms. The zero-order valence-electron chi connectivity index (χ0n) is 18.1. The van der Waals surface area contributed by atoms with Gasteiger partial charge >= 0.3 is 11.9 Å². The molecule has 1 fully saturated rings. The highest BCUT2D eigenvalue weighted by Gasteiger charge is 2.38. The fourth-order valence-electron chi connectivity index (χ4n) is 3.36. The van der Waals surface area contributed by atoms with E-state index in [-0.39, 0.29) is 25.8 Å². The molecular formula is C19H31N5O8. The van der Waals surface area contributed by atoms with Crippen molar-refractivity contribution in [1.82, 2.24) is 15.5 Å². The van der Waals surface area contributed by atoms with Gasteiger partial charge in [-0.05, 0) is 25.2 Å². The van der Waals surface area contributed by atoms with Crippen LogP contribution >= 0.6 is 0 Å². The van der Waals surface area contributed by atoms with Crippen molar-refractivity contribution in [3.63, 3.8) is 0 Å². The van der Waals surface area contributed by atoms with E-state index in [4.69, 9.17) is 16.6 Å². The second-order valence-electron chi connectivity index (χ2n) is 8.03. The number of nitrogens with one attached hydrogen (secondary N) is 2. The minimum atomic E-state index is -1.54. The molecule has 13 heteroatoms. The molecule has 0 aliphatic carbocycles. The van der Waals surface area contributed by atoms with Gasteiger partial charge in [-0.1, -0.05) is 13.8 Å². The third-order valence-corrected chi connectivity index (χ3v) is 5.10. The highest BCUT2D eigenvalue weighted by atomic mass is 16.4. The maximum Gasteiger partial charge on any atom is 0.326 e. The van der Waals surface area contributed by atoms with E-state index in [2.05, 4.69) is 10.6 Å². The van der Waals surface area contributed by atoms with E-state index < -0.39 is 72.1 Å². The van der Waals surface area contributed by atoms with Crippen LogP contribution in [0.15, 0.2) is 0 Å². The Morgan fingerprint density at radius 1 is 1.09 bits per heavy atom. The summed E-state index contributed by atoms with van der Waals surface area (Å²) in [5.41, 5.74) is 10.9. The van der Waals surface area contributed by atoms with Crippen LogP contribution < -0.4 is 22.1 Å². The van der Waals surface area contributed by atoms with Crippen LogP contribution in [0.1, 0.15) is 46.0 Å². The number of likely N-dealkylation sites (tertiary alicyclic amines) is 1. The first-order valence-corrected chi connectivity index (χ1v) is 10.2. The number of primary amides is 1. The molecule has 1 aliphatic heterocycles. The Labute approximate surface area is 184 Å². The van der Waals surface area contributed by atoms with Gasteiger partial charge in [-0.25, -0.2) is 4.79 Å². The number of rotatable bonds is 12. The van der Waals surface area contributed by atoms with Gasteiger partial charge in [0, 0.05) is 13.0 Å². The van der Waals surface area contributed by atoms with Crippen LogP contribution in [-0.4, -0.2) is 81.4 Å². The van der Waals surface area contributed by atoms with Crippen LogP contribution in [0.5, 0.6) is 0 Å². The third-order valence-electron chi connectivity index (χ3n) is 5.10. The van der Waals surface area contributed by atoms with E-state index in [9.17, 15) is 33.9 Å². The third kappa shape index (κ3) is 7.80. The Hall–Kier alpha value is -3.22. The van der Waals surface area contributed by atoms with E-state index in [0.29, 0.717) is 6.42 Å². The molecule has 0 radical (unpaired) electrons. The summed E-state index contributed by atoms with van der Waals surface area (Å²) in [5, 5.41) is 22.9. The van der Waals surface area contributed by atoms with Gasteiger partial charge < -0.3 is 37.2 Å². The predicted octanol–water partition coefficient (Wildman–Crippen LogP) is -2.24. The van der Waals surface area contributed by atoms with Gasteiger partial charge in [0.1, 0.15) is 18.1 Å². The SMILES string of the molecule is CC(C)C(NC(=O)C(CC(=O)O)NC(=O)C1CCCN1C(=O)C(N)CCC(N)=O)C(=O)O. The Morgan fingerprint density at radius 3 is 2.22 bits per heavy atom. The topological polar surface area (TPSA) is 222 Å². The van der Waals surface area contributed by atoms with Crippen molar-refractivity contribution < 1.29 is 39.0 Å². The average Bonchev–Trinajstić information content (AvgIpc) is 3.17. The average molecular weight is 457 g/mol. The lowest BCUT2D eigenvalue weighted by Crippen LogP contribution is -2.57. The normalized spacial score (nSPS) is 18.5. The summed E-state index contributed by atoms with van der Waals surface area (Å²) in [6.07, 6.45) is -0.115. The number of carboxylic acids is 2. The highest BCUT2D eigenvalue weighted by molar-refractivity contribution is 5.96. The van der Waals surface area contributed by atoms with Crippen molar-refractivity contribution in [2.45, 2.75) is 70.1 Å². The van der Waals surface area contributed by atoms with Crippen molar-refractivity contribution in [2.75, 3.05) is 6.54 Å². The lowest BCUT2D eigenvalue weighted by atomic mass is 10.0. The molecule has 0 bridgehead atoms. The fraction of sp³-hybridized carbons (Fsp3) is 0.684.